The molecule has 8 heteroatoms. The van der Waals surface area contributed by atoms with Gasteiger partial charge in [-0.25, -0.2) is 0 Å². The molecule has 1 fully saturated rings. The Labute approximate surface area is 206 Å². The van der Waals surface area contributed by atoms with Gasteiger partial charge in [-0.1, -0.05) is 6.07 Å². The smallest absolute Gasteiger partial charge is 0.127 e. The van der Waals surface area contributed by atoms with Gasteiger partial charge in [0.15, 0.2) is 0 Å². The molecule has 176 valence electrons. The molecule has 0 aliphatic heterocycles. The van der Waals surface area contributed by atoms with Gasteiger partial charge in [0.1, 0.15) is 11.9 Å². The molecular weight excluding hydrogens is 450 g/mol. The monoisotopic (exact) mass is 473 g/mol. The number of hydrogen-bond acceptors (Lipinski definition) is 6. The van der Waals surface area contributed by atoms with Crippen molar-refractivity contribution in [1.82, 2.24) is 30.1 Å². The topological polar surface area (TPSA) is 115 Å². The van der Waals surface area contributed by atoms with Gasteiger partial charge in [0.25, 0.3) is 0 Å². The maximum atomic E-state index is 10.3. The molecule has 6 aromatic rings. The van der Waals surface area contributed by atoms with Crippen molar-refractivity contribution >= 4 is 27.5 Å². The third-order valence-electron chi connectivity index (χ3n) is 6.76. The highest BCUT2D eigenvalue weighted by Gasteiger charge is 2.29. The first-order valence-electron chi connectivity index (χ1n) is 12.0. The SMILES string of the molecule is OC(Nc1cncc(-c2ccc3[nH]nc(-c4cc5c(-c6cccnc6)nccc5[nH]4)c3c2)c1)C1CC1. The molecule has 1 aliphatic carbocycles. The van der Waals surface area contributed by atoms with Crippen LogP contribution in [0, 0.1) is 5.92 Å². The summed E-state index contributed by atoms with van der Waals surface area (Å²) in [6, 6.07) is 16.2. The van der Waals surface area contributed by atoms with Gasteiger partial charge < -0.3 is 15.4 Å². The Morgan fingerprint density at radius 1 is 0.833 bits per heavy atom. The van der Waals surface area contributed by atoms with E-state index in [4.69, 9.17) is 0 Å². The molecule has 1 aromatic carbocycles. The predicted molar refractivity (Wildman–Crippen MR) is 140 cm³/mol. The van der Waals surface area contributed by atoms with Crippen molar-refractivity contribution in [3.8, 4) is 33.8 Å². The van der Waals surface area contributed by atoms with Gasteiger partial charge in [-0.15, -0.1) is 0 Å². The van der Waals surface area contributed by atoms with Crippen LogP contribution < -0.4 is 5.32 Å². The highest BCUT2D eigenvalue weighted by molar-refractivity contribution is 6.00. The molecule has 0 amide bonds. The van der Waals surface area contributed by atoms with Crippen molar-refractivity contribution in [2.75, 3.05) is 5.32 Å². The molecule has 7 rings (SSSR count). The minimum absolute atomic E-state index is 0.337. The minimum Gasteiger partial charge on any atom is -0.374 e. The van der Waals surface area contributed by atoms with Crippen LogP contribution in [0.15, 0.2) is 79.5 Å². The number of benzene rings is 1. The van der Waals surface area contributed by atoms with Crippen molar-refractivity contribution in [3.63, 3.8) is 0 Å². The third-order valence-corrected chi connectivity index (χ3v) is 6.76. The van der Waals surface area contributed by atoms with Crippen LogP contribution in [-0.4, -0.2) is 41.5 Å². The van der Waals surface area contributed by atoms with Crippen LogP contribution in [0.25, 0.3) is 55.6 Å². The molecule has 1 unspecified atom stereocenters. The molecule has 5 heterocycles. The summed E-state index contributed by atoms with van der Waals surface area (Å²) >= 11 is 0. The van der Waals surface area contributed by atoms with Crippen molar-refractivity contribution in [2.45, 2.75) is 19.1 Å². The first-order chi connectivity index (χ1) is 17.7. The zero-order valence-electron chi connectivity index (χ0n) is 19.3. The fourth-order valence-electron chi connectivity index (χ4n) is 4.69. The summed E-state index contributed by atoms with van der Waals surface area (Å²) in [5.41, 5.74) is 8.34. The molecule has 1 aliphatic rings. The second kappa shape index (κ2) is 8.28. The Bertz CT molecular complexity index is 1700. The lowest BCUT2D eigenvalue weighted by Gasteiger charge is -2.13. The number of nitrogens with one attached hydrogen (secondary N) is 3. The Balaban J connectivity index is 1.28. The first-order valence-corrected chi connectivity index (χ1v) is 12.0. The molecule has 0 saturated heterocycles. The van der Waals surface area contributed by atoms with Crippen molar-refractivity contribution in [1.29, 1.82) is 0 Å². The van der Waals surface area contributed by atoms with Crippen molar-refractivity contribution in [3.05, 3.63) is 79.5 Å². The number of aliphatic hydroxyl groups is 1. The number of anilines is 1. The van der Waals surface area contributed by atoms with Gasteiger partial charge in [-0.05, 0) is 60.9 Å². The van der Waals surface area contributed by atoms with E-state index in [1.165, 1.54) is 0 Å². The average Bonchev–Trinajstić information content (AvgIpc) is 3.55. The Morgan fingerprint density at radius 2 is 1.72 bits per heavy atom. The van der Waals surface area contributed by atoms with Gasteiger partial charge in [0.05, 0.1) is 28.8 Å². The number of nitrogens with zero attached hydrogens (tertiary/aromatic N) is 4. The molecule has 0 spiro atoms. The van der Waals surface area contributed by atoms with E-state index >= 15 is 0 Å². The zero-order valence-corrected chi connectivity index (χ0v) is 19.3. The quantitative estimate of drug-likeness (QED) is 0.242. The molecule has 36 heavy (non-hydrogen) atoms. The predicted octanol–water partition coefficient (Wildman–Crippen LogP) is 5.37. The summed E-state index contributed by atoms with van der Waals surface area (Å²) in [7, 11) is 0. The van der Waals surface area contributed by atoms with Gasteiger partial charge in [-0.2, -0.15) is 5.10 Å². The van der Waals surface area contributed by atoms with E-state index in [1.807, 2.05) is 42.7 Å². The second-order valence-electron chi connectivity index (χ2n) is 9.27. The number of pyridine rings is 3. The fourth-order valence-corrected chi connectivity index (χ4v) is 4.69. The lowest BCUT2D eigenvalue weighted by Crippen LogP contribution is -2.20. The molecule has 8 nitrogen and oxygen atoms in total. The van der Waals surface area contributed by atoms with Gasteiger partial charge >= 0.3 is 0 Å². The van der Waals surface area contributed by atoms with Crippen LogP contribution >= 0.6 is 0 Å². The van der Waals surface area contributed by atoms with E-state index in [9.17, 15) is 5.11 Å². The van der Waals surface area contributed by atoms with E-state index in [-0.39, 0.29) is 0 Å². The maximum absolute atomic E-state index is 10.3. The number of hydrogen-bond donors (Lipinski definition) is 4. The molecule has 5 aromatic heterocycles. The van der Waals surface area contributed by atoms with E-state index in [2.05, 4.69) is 53.6 Å². The van der Waals surface area contributed by atoms with E-state index in [1.54, 1.807) is 18.6 Å². The standard InChI is InChI=1S/C28H23N7O/c36-28(16-3-4-16)32-20-10-19(14-30-15-20)17-5-6-24-21(11-17)27(35-34-24)25-12-22-23(33-25)7-9-31-26(22)18-2-1-8-29-13-18/h1-2,5-16,28,32-33,36H,3-4H2,(H,34,35). The van der Waals surface area contributed by atoms with E-state index < -0.39 is 6.23 Å². The summed E-state index contributed by atoms with van der Waals surface area (Å²) < 4.78 is 0. The number of aromatic nitrogens is 6. The molecule has 4 N–H and O–H groups in total. The number of aromatic amines is 2. The van der Waals surface area contributed by atoms with Crippen LogP contribution in [0.5, 0.6) is 0 Å². The average molecular weight is 474 g/mol. The third kappa shape index (κ3) is 3.68. The maximum Gasteiger partial charge on any atom is 0.127 e. The Hall–Kier alpha value is -4.56. The number of H-pyrrole nitrogens is 2. The molecular formula is C28H23N7O. The fraction of sp³-hybridized carbons (Fsp3) is 0.143. The van der Waals surface area contributed by atoms with Gasteiger partial charge in [0, 0.05) is 58.1 Å². The summed E-state index contributed by atoms with van der Waals surface area (Å²) in [4.78, 5) is 16.8. The van der Waals surface area contributed by atoms with Gasteiger partial charge in [0.2, 0.25) is 0 Å². The summed E-state index contributed by atoms with van der Waals surface area (Å²) in [5, 5.41) is 23.3. The number of aliphatic hydroxyl groups excluding tert-OH is 1. The van der Waals surface area contributed by atoms with E-state index in [0.29, 0.717) is 5.92 Å². The molecule has 1 saturated carbocycles. The lowest BCUT2D eigenvalue weighted by molar-refractivity contribution is 0.180. The highest BCUT2D eigenvalue weighted by atomic mass is 16.3. The lowest BCUT2D eigenvalue weighted by atomic mass is 10.0. The largest absolute Gasteiger partial charge is 0.374 e. The normalized spacial score (nSPS) is 14.4. The Morgan fingerprint density at radius 3 is 2.58 bits per heavy atom. The van der Waals surface area contributed by atoms with Crippen LogP contribution in [0.3, 0.4) is 0 Å². The summed E-state index contributed by atoms with van der Waals surface area (Å²) in [5.74, 6) is 0.337. The Kier molecular flexibility index (Phi) is 4.78. The van der Waals surface area contributed by atoms with Crippen LogP contribution in [0.1, 0.15) is 12.8 Å². The van der Waals surface area contributed by atoms with Crippen molar-refractivity contribution in [2.24, 2.45) is 5.92 Å². The van der Waals surface area contributed by atoms with Crippen LogP contribution in [-0.2, 0) is 0 Å². The molecule has 0 radical (unpaired) electrons. The molecule has 0 bridgehead atoms. The minimum atomic E-state index is -0.530. The van der Waals surface area contributed by atoms with Crippen LogP contribution in [0.2, 0.25) is 0 Å². The highest BCUT2D eigenvalue weighted by Crippen LogP contribution is 2.35. The summed E-state index contributed by atoms with van der Waals surface area (Å²) in [6.45, 7) is 0. The van der Waals surface area contributed by atoms with Gasteiger partial charge in [-0.3, -0.25) is 20.1 Å². The summed E-state index contributed by atoms with van der Waals surface area (Å²) in [6.07, 6.45) is 10.6. The number of fused-ring (bicyclic) bond motifs is 2. The van der Waals surface area contributed by atoms with E-state index in [0.717, 1.165) is 74.1 Å². The molecule has 1 atom stereocenters. The van der Waals surface area contributed by atoms with Crippen LogP contribution in [0.4, 0.5) is 5.69 Å². The second-order valence-corrected chi connectivity index (χ2v) is 9.27. The number of rotatable bonds is 6. The first kappa shape index (κ1) is 20.8. The van der Waals surface area contributed by atoms with Crippen molar-refractivity contribution < 1.29 is 5.11 Å². The zero-order chi connectivity index (χ0) is 24.1.